The van der Waals surface area contributed by atoms with E-state index in [-0.39, 0.29) is 24.5 Å². The molecule has 4 nitrogen and oxygen atoms in total. The van der Waals surface area contributed by atoms with Gasteiger partial charge in [-0.15, -0.1) is 0 Å². The van der Waals surface area contributed by atoms with E-state index in [4.69, 9.17) is 9.47 Å². The number of rotatable bonds is 6. The van der Waals surface area contributed by atoms with Gasteiger partial charge in [-0.2, -0.15) is 0 Å². The van der Waals surface area contributed by atoms with E-state index in [1.165, 1.54) is 19.3 Å². The monoisotopic (exact) mass is 229 g/mol. The minimum absolute atomic E-state index is 0.0413. The van der Waals surface area contributed by atoms with E-state index in [0.29, 0.717) is 13.0 Å². The van der Waals surface area contributed by atoms with Gasteiger partial charge in [0.25, 0.3) is 0 Å². The van der Waals surface area contributed by atoms with E-state index >= 15 is 0 Å². The lowest BCUT2D eigenvalue weighted by atomic mass is 10.0. The van der Waals surface area contributed by atoms with Gasteiger partial charge in [0.15, 0.2) is 6.29 Å². The van der Waals surface area contributed by atoms with Crippen molar-refractivity contribution in [3.05, 3.63) is 0 Å². The van der Waals surface area contributed by atoms with Crippen molar-refractivity contribution in [2.24, 2.45) is 0 Å². The molecule has 2 aliphatic rings. The van der Waals surface area contributed by atoms with E-state index in [1.807, 2.05) is 0 Å². The van der Waals surface area contributed by atoms with Crippen LogP contribution in [0.25, 0.3) is 0 Å². The Labute approximate surface area is 97.3 Å². The Bertz CT molecular complexity index is 212. The molecule has 2 N–H and O–H groups in total. The van der Waals surface area contributed by atoms with E-state index in [0.717, 1.165) is 13.0 Å². The van der Waals surface area contributed by atoms with Crippen LogP contribution in [0, 0.1) is 0 Å². The summed E-state index contributed by atoms with van der Waals surface area (Å²) in [7, 11) is 0. The maximum atomic E-state index is 9.93. The van der Waals surface area contributed by atoms with Crippen LogP contribution >= 0.6 is 0 Å². The fourth-order valence-electron chi connectivity index (χ4n) is 2.43. The number of hydrogen-bond donors (Lipinski definition) is 2. The molecule has 2 rings (SSSR count). The molecular formula is C12H23NO3. The van der Waals surface area contributed by atoms with Crippen LogP contribution in [-0.4, -0.2) is 42.8 Å². The minimum atomic E-state index is -0.322. The van der Waals surface area contributed by atoms with Gasteiger partial charge < -0.3 is 19.9 Å². The van der Waals surface area contributed by atoms with Crippen LogP contribution < -0.4 is 5.32 Å². The average molecular weight is 229 g/mol. The van der Waals surface area contributed by atoms with E-state index in [2.05, 4.69) is 12.2 Å². The van der Waals surface area contributed by atoms with Crippen LogP contribution in [0.15, 0.2) is 0 Å². The van der Waals surface area contributed by atoms with Crippen molar-refractivity contribution >= 4 is 0 Å². The Hall–Kier alpha value is -0.160. The summed E-state index contributed by atoms with van der Waals surface area (Å²) in [5.41, 5.74) is 0. The second-order valence-corrected chi connectivity index (χ2v) is 4.80. The third kappa shape index (κ3) is 2.94. The van der Waals surface area contributed by atoms with Gasteiger partial charge in [-0.25, -0.2) is 0 Å². The highest BCUT2D eigenvalue weighted by Gasteiger charge is 2.42. The quantitative estimate of drug-likeness (QED) is 0.668. The third-order valence-corrected chi connectivity index (χ3v) is 3.40. The molecule has 2 bridgehead atoms. The molecule has 0 radical (unpaired) electrons. The molecule has 4 atom stereocenters. The predicted octanol–water partition coefficient (Wildman–Crippen LogP) is 1.03. The number of hydrogen-bond acceptors (Lipinski definition) is 4. The molecule has 94 valence electrons. The SMILES string of the molecule is CCCCCCNC1C(O)CC2COC1O2. The summed E-state index contributed by atoms with van der Waals surface area (Å²) in [5.74, 6) is 0. The number of ether oxygens (including phenoxy) is 2. The van der Waals surface area contributed by atoms with Crippen LogP contribution in [0.5, 0.6) is 0 Å². The van der Waals surface area contributed by atoms with Crippen LogP contribution in [0.1, 0.15) is 39.0 Å². The molecule has 0 aliphatic carbocycles. The molecule has 0 spiro atoms. The summed E-state index contributed by atoms with van der Waals surface area (Å²) >= 11 is 0. The lowest BCUT2D eigenvalue weighted by molar-refractivity contribution is -0.139. The maximum absolute atomic E-state index is 9.93. The number of aliphatic hydroxyl groups excluding tert-OH is 1. The van der Waals surface area contributed by atoms with E-state index < -0.39 is 0 Å². The molecule has 0 amide bonds. The number of fused-ring (bicyclic) bond motifs is 2. The minimum Gasteiger partial charge on any atom is -0.391 e. The zero-order valence-corrected chi connectivity index (χ0v) is 10.0. The zero-order chi connectivity index (χ0) is 11.4. The van der Waals surface area contributed by atoms with Gasteiger partial charge >= 0.3 is 0 Å². The highest BCUT2D eigenvalue weighted by molar-refractivity contribution is 4.90. The Balaban J connectivity index is 1.67. The first kappa shape index (κ1) is 12.3. The standard InChI is InChI=1S/C12H23NO3/c1-2-3-4-5-6-13-11-10(14)7-9-8-15-12(11)16-9/h9-14H,2-8H2,1H3. The molecular weight excluding hydrogens is 206 g/mol. The summed E-state index contributed by atoms with van der Waals surface area (Å²) in [6, 6.07) is -0.0413. The van der Waals surface area contributed by atoms with Crippen LogP contribution in [0.2, 0.25) is 0 Å². The molecule has 2 fully saturated rings. The maximum Gasteiger partial charge on any atom is 0.175 e. The van der Waals surface area contributed by atoms with Gasteiger partial charge in [0.05, 0.1) is 24.9 Å². The first-order valence-corrected chi connectivity index (χ1v) is 6.49. The Morgan fingerprint density at radius 3 is 3.00 bits per heavy atom. The van der Waals surface area contributed by atoms with Crippen LogP contribution in [0.4, 0.5) is 0 Å². The van der Waals surface area contributed by atoms with E-state index in [9.17, 15) is 5.11 Å². The fraction of sp³-hybridized carbons (Fsp3) is 1.00. The van der Waals surface area contributed by atoms with Gasteiger partial charge in [0, 0.05) is 6.42 Å². The highest BCUT2D eigenvalue weighted by Crippen LogP contribution is 2.27. The molecule has 16 heavy (non-hydrogen) atoms. The first-order valence-electron chi connectivity index (χ1n) is 6.49. The zero-order valence-electron chi connectivity index (χ0n) is 10.0. The molecule has 2 saturated heterocycles. The van der Waals surface area contributed by atoms with Gasteiger partial charge in [-0.05, 0) is 13.0 Å². The molecule has 0 aromatic rings. The topological polar surface area (TPSA) is 50.7 Å². The number of nitrogens with one attached hydrogen (secondary N) is 1. The van der Waals surface area contributed by atoms with Crippen molar-refractivity contribution in [2.45, 2.75) is 63.6 Å². The molecule has 0 saturated carbocycles. The van der Waals surface area contributed by atoms with Gasteiger partial charge in [-0.3, -0.25) is 0 Å². The molecule has 4 unspecified atom stereocenters. The summed E-state index contributed by atoms with van der Waals surface area (Å²) in [6.45, 7) is 3.78. The Kier molecular flexibility index (Phi) is 4.58. The van der Waals surface area contributed by atoms with Crippen LogP contribution in [-0.2, 0) is 9.47 Å². The van der Waals surface area contributed by atoms with Crippen molar-refractivity contribution in [3.63, 3.8) is 0 Å². The summed E-state index contributed by atoms with van der Waals surface area (Å²) in [6.07, 6.45) is 5.20. The predicted molar refractivity (Wildman–Crippen MR) is 61.2 cm³/mol. The molecule has 2 heterocycles. The van der Waals surface area contributed by atoms with Crippen molar-refractivity contribution in [3.8, 4) is 0 Å². The summed E-state index contributed by atoms with van der Waals surface area (Å²) in [4.78, 5) is 0. The largest absolute Gasteiger partial charge is 0.391 e. The second-order valence-electron chi connectivity index (χ2n) is 4.80. The third-order valence-electron chi connectivity index (χ3n) is 3.40. The van der Waals surface area contributed by atoms with E-state index in [1.54, 1.807) is 0 Å². The molecule has 4 heteroatoms. The van der Waals surface area contributed by atoms with Gasteiger partial charge in [0.2, 0.25) is 0 Å². The first-order chi connectivity index (χ1) is 7.81. The van der Waals surface area contributed by atoms with Crippen LogP contribution in [0.3, 0.4) is 0 Å². The van der Waals surface area contributed by atoms with Crippen molar-refractivity contribution in [1.29, 1.82) is 0 Å². The van der Waals surface area contributed by atoms with Crippen molar-refractivity contribution in [2.75, 3.05) is 13.2 Å². The summed E-state index contributed by atoms with van der Waals surface area (Å²) < 4.78 is 11.1. The highest BCUT2D eigenvalue weighted by atomic mass is 16.7. The molecule has 2 aliphatic heterocycles. The molecule has 0 aromatic carbocycles. The average Bonchev–Trinajstić information content (AvgIpc) is 2.66. The van der Waals surface area contributed by atoms with Crippen molar-refractivity contribution < 1.29 is 14.6 Å². The molecule has 0 aromatic heterocycles. The Morgan fingerprint density at radius 1 is 1.31 bits per heavy atom. The fourth-order valence-corrected chi connectivity index (χ4v) is 2.43. The Morgan fingerprint density at radius 2 is 2.19 bits per heavy atom. The van der Waals surface area contributed by atoms with Gasteiger partial charge in [-0.1, -0.05) is 26.2 Å². The van der Waals surface area contributed by atoms with Gasteiger partial charge in [0.1, 0.15) is 0 Å². The summed E-state index contributed by atoms with van der Waals surface area (Å²) in [5, 5.41) is 13.3. The van der Waals surface area contributed by atoms with Crippen molar-refractivity contribution in [1.82, 2.24) is 5.32 Å². The lowest BCUT2D eigenvalue weighted by Gasteiger charge is -2.32. The lowest BCUT2D eigenvalue weighted by Crippen LogP contribution is -2.52. The smallest absolute Gasteiger partial charge is 0.175 e. The normalized spacial score (nSPS) is 37.9. The number of unbranched alkanes of at least 4 members (excludes halogenated alkanes) is 3. The number of aliphatic hydroxyl groups is 1. The second kappa shape index (κ2) is 5.96.